The zero-order valence-electron chi connectivity index (χ0n) is 15.1. The van der Waals surface area contributed by atoms with Gasteiger partial charge in [-0.2, -0.15) is 5.10 Å². The molecule has 0 saturated heterocycles. The third-order valence-corrected chi connectivity index (χ3v) is 4.93. The average molecular weight is 360 g/mol. The highest BCUT2D eigenvalue weighted by atomic mass is 15.3. The molecule has 5 rings (SSSR count). The van der Waals surface area contributed by atoms with E-state index >= 15 is 0 Å². The van der Waals surface area contributed by atoms with Crippen LogP contribution in [0, 0.1) is 6.92 Å². The average Bonchev–Trinajstić information content (AvgIpc) is 3.41. The summed E-state index contributed by atoms with van der Waals surface area (Å²) in [5.74, 6) is 0.847. The van der Waals surface area contributed by atoms with Gasteiger partial charge in [-0.25, -0.2) is 4.98 Å². The van der Waals surface area contributed by atoms with E-state index in [-0.39, 0.29) is 0 Å². The molecule has 136 valence electrons. The summed E-state index contributed by atoms with van der Waals surface area (Å²) in [7, 11) is 0. The van der Waals surface area contributed by atoms with Crippen molar-refractivity contribution in [2.75, 3.05) is 6.54 Å². The van der Waals surface area contributed by atoms with E-state index in [1.807, 2.05) is 17.0 Å². The predicted molar refractivity (Wildman–Crippen MR) is 101 cm³/mol. The number of nitrogens with zero attached hydrogens (tertiary/aromatic N) is 7. The normalized spacial score (nSPS) is 14.1. The highest BCUT2D eigenvalue weighted by Gasteiger charge is 2.17. The van der Waals surface area contributed by atoms with Crippen LogP contribution in [-0.4, -0.2) is 40.6 Å². The maximum Gasteiger partial charge on any atom is 0.165 e. The molecule has 0 radical (unpaired) electrons. The second-order valence-electron chi connectivity index (χ2n) is 6.74. The number of benzene rings is 1. The maximum atomic E-state index is 4.81. The molecule has 0 amide bonds. The van der Waals surface area contributed by atoms with E-state index in [2.05, 4.69) is 60.9 Å². The number of hydrogen-bond acceptors (Lipinski definition) is 5. The van der Waals surface area contributed by atoms with Crippen LogP contribution in [0.15, 0.2) is 49.3 Å². The van der Waals surface area contributed by atoms with Crippen LogP contribution < -0.4 is 5.32 Å². The highest BCUT2D eigenvalue weighted by Crippen LogP contribution is 2.25. The molecular formula is C19H20N8. The molecule has 0 aliphatic carbocycles. The van der Waals surface area contributed by atoms with Crippen molar-refractivity contribution in [1.29, 1.82) is 0 Å². The van der Waals surface area contributed by atoms with Crippen molar-refractivity contribution >= 4 is 0 Å². The summed E-state index contributed by atoms with van der Waals surface area (Å²) in [6, 6.07) is 8.41. The lowest BCUT2D eigenvalue weighted by Gasteiger charge is -2.12. The number of fused-ring (bicyclic) bond motifs is 1. The van der Waals surface area contributed by atoms with Gasteiger partial charge in [0, 0.05) is 25.5 Å². The van der Waals surface area contributed by atoms with Crippen LogP contribution >= 0.6 is 0 Å². The third-order valence-electron chi connectivity index (χ3n) is 4.93. The number of imidazole rings is 1. The second kappa shape index (κ2) is 6.48. The molecule has 4 aromatic rings. The Bertz CT molecular complexity index is 1050. The molecule has 1 N–H and O–H groups in total. The summed E-state index contributed by atoms with van der Waals surface area (Å²) in [6.07, 6.45) is 8.29. The smallest absolute Gasteiger partial charge is 0.165 e. The van der Waals surface area contributed by atoms with Gasteiger partial charge >= 0.3 is 0 Å². The fraction of sp³-hybridized carbons (Fsp3) is 0.263. The van der Waals surface area contributed by atoms with Crippen LogP contribution in [0.4, 0.5) is 0 Å². The Kier molecular flexibility index (Phi) is 3.83. The second-order valence-corrected chi connectivity index (χ2v) is 6.74. The van der Waals surface area contributed by atoms with Crippen LogP contribution in [0.1, 0.15) is 17.7 Å². The van der Waals surface area contributed by atoms with E-state index in [9.17, 15) is 0 Å². The molecule has 0 saturated carbocycles. The van der Waals surface area contributed by atoms with Gasteiger partial charge in [0.05, 0.1) is 17.1 Å². The van der Waals surface area contributed by atoms with E-state index in [1.165, 1.54) is 5.69 Å². The first kappa shape index (κ1) is 16.0. The lowest BCUT2D eigenvalue weighted by Crippen LogP contribution is -2.11. The molecule has 1 aliphatic rings. The van der Waals surface area contributed by atoms with Gasteiger partial charge in [0.15, 0.2) is 5.82 Å². The fourth-order valence-electron chi connectivity index (χ4n) is 3.51. The van der Waals surface area contributed by atoms with Crippen LogP contribution in [0.2, 0.25) is 0 Å². The zero-order valence-corrected chi connectivity index (χ0v) is 15.1. The largest absolute Gasteiger partial charge is 0.311 e. The van der Waals surface area contributed by atoms with Crippen molar-refractivity contribution in [1.82, 2.24) is 39.4 Å². The summed E-state index contributed by atoms with van der Waals surface area (Å²) < 4.78 is 6.08. The molecule has 0 atom stereocenters. The molecule has 0 spiro atoms. The quantitative estimate of drug-likeness (QED) is 0.605. The number of rotatable bonds is 3. The Morgan fingerprint density at radius 2 is 2.00 bits per heavy atom. The standard InChI is InChI=1S/C19H20N8/c1-14-3-4-15(25-12-22-23-13-25)10-18(14)26-8-6-21-19(26)17-9-16-11-20-5-2-7-27(16)24-17/h3-4,6,8-10,12-13,20H,2,5,7,11H2,1H3. The van der Waals surface area contributed by atoms with Gasteiger partial charge < -0.3 is 5.32 Å². The Morgan fingerprint density at radius 1 is 1.11 bits per heavy atom. The predicted octanol–water partition coefficient (Wildman–Crippen LogP) is 2.12. The molecule has 1 aliphatic heterocycles. The molecule has 8 heteroatoms. The van der Waals surface area contributed by atoms with Crippen LogP contribution in [0.25, 0.3) is 22.9 Å². The Labute approximate surface area is 156 Å². The molecule has 27 heavy (non-hydrogen) atoms. The number of hydrogen-bond donors (Lipinski definition) is 1. The lowest BCUT2D eigenvalue weighted by molar-refractivity contribution is 0.588. The Morgan fingerprint density at radius 3 is 2.89 bits per heavy atom. The molecule has 0 fully saturated rings. The summed E-state index contributed by atoms with van der Waals surface area (Å²) in [5.41, 5.74) is 5.33. The van der Waals surface area contributed by atoms with Crippen molar-refractivity contribution in [2.24, 2.45) is 0 Å². The topological polar surface area (TPSA) is 78.4 Å². The summed E-state index contributed by atoms with van der Waals surface area (Å²) in [6.45, 7) is 4.91. The molecule has 4 heterocycles. The Hall–Kier alpha value is -3.26. The first-order valence-electron chi connectivity index (χ1n) is 9.07. The van der Waals surface area contributed by atoms with Gasteiger partial charge in [0.25, 0.3) is 0 Å². The molecule has 8 nitrogen and oxygen atoms in total. The van der Waals surface area contributed by atoms with Crippen molar-refractivity contribution in [3.05, 3.63) is 60.6 Å². The van der Waals surface area contributed by atoms with Crippen LogP contribution in [0.5, 0.6) is 0 Å². The monoisotopic (exact) mass is 360 g/mol. The van der Waals surface area contributed by atoms with Gasteiger partial charge in [0.1, 0.15) is 18.3 Å². The minimum Gasteiger partial charge on any atom is -0.311 e. The summed E-state index contributed by atoms with van der Waals surface area (Å²) >= 11 is 0. The first-order valence-corrected chi connectivity index (χ1v) is 9.07. The van der Waals surface area contributed by atoms with Crippen LogP contribution in [0.3, 0.4) is 0 Å². The van der Waals surface area contributed by atoms with Gasteiger partial charge in [-0.1, -0.05) is 6.07 Å². The summed E-state index contributed by atoms with van der Waals surface area (Å²) in [5, 5.41) is 16.0. The molecule has 3 aromatic heterocycles. The van der Waals surface area contributed by atoms with Gasteiger partial charge in [0.2, 0.25) is 0 Å². The summed E-state index contributed by atoms with van der Waals surface area (Å²) in [4.78, 5) is 4.60. The van der Waals surface area contributed by atoms with Crippen molar-refractivity contribution < 1.29 is 0 Å². The van der Waals surface area contributed by atoms with Gasteiger partial charge in [-0.05, 0) is 43.7 Å². The minimum atomic E-state index is 0.843. The van der Waals surface area contributed by atoms with E-state index in [4.69, 9.17) is 5.10 Å². The van der Waals surface area contributed by atoms with Gasteiger partial charge in [-0.3, -0.25) is 13.8 Å². The zero-order chi connectivity index (χ0) is 18.2. The fourth-order valence-corrected chi connectivity index (χ4v) is 3.51. The van der Waals surface area contributed by atoms with E-state index in [0.717, 1.165) is 54.5 Å². The van der Waals surface area contributed by atoms with Crippen LogP contribution in [-0.2, 0) is 13.1 Å². The molecular weight excluding hydrogens is 340 g/mol. The first-order chi connectivity index (χ1) is 13.3. The number of aryl methyl sites for hydroxylation is 2. The molecule has 0 bridgehead atoms. The van der Waals surface area contributed by atoms with E-state index < -0.39 is 0 Å². The van der Waals surface area contributed by atoms with Crippen molar-refractivity contribution in [2.45, 2.75) is 26.4 Å². The van der Waals surface area contributed by atoms with Crippen molar-refractivity contribution in [3.63, 3.8) is 0 Å². The Balaban J connectivity index is 1.59. The maximum absolute atomic E-state index is 4.81. The highest BCUT2D eigenvalue weighted by molar-refractivity contribution is 5.58. The SMILES string of the molecule is Cc1ccc(-n2cnnc2)cc1-n1ccnc1-c1cc2n(n1)CCCNC2. The minimum absolute atomic E-state index is 0.843. The number of aromatic nitrogens is 7. The van der Waals surface area contributed by atoms with Gasteiger partial charge in [-0.15, -0.1) is 10.2 Å². The molecule has 0 unspecified atom stereocenters. The van der Waals surface area contributed by atoms with Crippen molar-refractivity contribution in [3.8, 4) is 22.9 Å². The number of nitrogens with one attached hydrogen (secondary N) is 1. The third kappa shape index (κ3) is 2.83. The lowest BCUT2D eigenvalue weighted by atomic mass is 10.1. The van der Waals surface area contributed by atoms with E-state index in [1.54, 1.807) is 12.7 Å². The van der Waals surface area contributed by atoms with E-state index in [0.29, 0.717) is 0 Å². The molecule has 1 aromatic carbocycles.